The highest BCUT2D eigenvalue weighted by molar-refractivity contribution is 7.85. The lowest BCUT2D eigenvalue weighted by Crippen LogP contribution is -1.96. The molecule has 4 aromatic rings. The van der Waals surface area contributed by atoms with Gasteiger partial charge in [-0.3, -0.25) is 4.55 Å². The van der Waals surface area contributed by atoms with Crippen LogP contribution in [0.5, 0.6) is 11.5 Å². The average Bonchev–Trinajstić information content (AvgIpc) is 2.79. The Bertz CT molecular complexity index is 1510. The molecule has 4 aromatic carbocycles. The molecule has 166 valence electrons. The van der Waals surface area contributed by atoms with Crippen molar-refractivity contribution in [2.45, 2.75) is 11.8 Å². The fraction of sp³-hybridized carbons (Fsp3) is 0.0435. The smallest absolute Gasteiger partial charge is 0.294 e. The standard InChI is InChI=1S/C23H18N4O5S/c1-14-12-20(26-27-23-18-5-3-2-4-15(18)6-11-21(23)28)22(29)13-19(14)25-24-16-7-9-17(10-8-16)33(30,31)32/h2-13,28-29H,1H3,(H,30,31,32). The van der Waals surface area contributed by atoms with Crippen molar-refractivity contribution < 1.29 is 23.2 Å². The zero-order chi connectivity index (χ0) is 23.6. The van der Waals surface area contributed by atoms with Crippen LogP contribution >= 0.6 is 0 Å². The predicted molar refractivity (Wildman–Crippen MR) is 123 cm³/mol. The van der Waals surface area contributed by atoms with E-state index in [2.05, 4.69) is 20.5 Å². The van der Waals surface area contributed by atoms with E-state index >= 15 is 0 Å². The summed E-state index contributed by atoms with van der Waals surface area (Å²) >= 11 is 0. The van der Waals surface area contributed by atoms with E-state index in [-0.39, 0.29) is 22.1 Å². The molecule has 0 fully saturated rings. The van der Waals surface area contributed by atoms with Crippen molar-refractivity contribution in [1.82, 2.24) is 0 Å². The summed E-state index contributed by atoms with van der Waals surface area (Å²) in [4.78, 5) is -0.248. The first-order chi connectivity index (χ1) is 15.7. The number of rotatable bonds is 5. The second-order valence-corrected chi connectivity index (χ2v) is 8.57. The molecular formula is C23H18N4O5S. The Morgan fingerprint density at radius 3 is 2.15 bits per heavy atom. The van der Waals surface area contributed by atoms with Gasteiger partial charge in [0.1, 0.15) is 22.9 Å². The van der Waals surface area contributed by atoms with E-state index in [9.17, 15) is 18.6 Å². The Kier molecular flexibility index (Phi) is 5.86. The van der Waals surface area contributed by atoms with Crippen LogP contribution in [0.25, 0.3) is 10.8 Å². The monoisotopic (exact) mass is 462 g/mol. The molecule has 0 heterocycles. The van der Waals surface area contributed by atoms with Crippen LogP contribution in [0.2, 0.25) is 0 Å². The second kappa shape index (κ2) is 8.77. The first-order valence-electron chi connectivity index (χ1n) is 9.68. The third-order valence-electron chi connectivity index (χ3n) is 4.84. The summed E-state index contributed by atoms with van der Waals surface area (Å²) in [5, 5.41) is 38.6. The molecule has 0 aliphatic carbocycles. The number of hydrogen-bond donors (Lipinski definition) is 3. The van der Waals surface area contributed by atoms with Crippen LogP contribution in [0.4, 0.5) is 22.7 Å². The van der Waals surface area contributed by atoms with Gasteiger partial charge in [0.25, 0.3) is 10.1 Å². The van der Waals surface area contributed by atoms with Gasteiger partial charge >= 0.3 is 0 Å². The first-order valence-corrected chi connectivity index (χ1v) is 11.1. The van der Waals surface area contributed by atoms with Crippen LogP contribution in [0.1, 0.15) is 5.56 Å². The lowest BCUT2D eigenvalue weighted by Gasteiger charge is -2.05. The Morgan fingerprint density at radius 2 is 1.42 bits per heavy atom. The molecule has 10 heteroatoms. The Morgan fingerprint density at radius 1 is 0.727 bits per heavy atom. The second-order valence-electron chi connectivity index (χ2n) is 7.15. The Hall–Kier alpha value is -4.15. The molecular weight excluding hydrogens is 444 g/mol. The summed E-state index contributed by atoms with van der Waals surface area (Å²) in [7, 11) is -4.28. The number of hydrogen-bond acceptors (Lipinski definition) is 8. The van der Waals surface area contributed by atoms with E-state index in [1.54, 1.807) is 19.1 Å². The minimum Gasteiger partial charge on any atom is -0.506 e. The molecule has 0 saturated carbocycles. The Balaban J connectivity index is 1.61. The van der Waals surface area contributed by atoms with Gasteiger partial charge in [-0.15, -0.1) is 10.2 Å². The topological polar surface area (TPSA) is 144 Å². The highest BCUT2D eigenvalue weighted by Crippen LogP contribution is 2.39. The van der Waals surface area contributed by atoms with E-state index in [4.69, 9.17) is 4.55 Å². The van der Waals surface area contributed by atoms with Gasteiger partial charge in [-0.05, 0) is 54.3 Å². The van der Waals surface area contributed by atoms with Crippen LogP contribution < -0.4 is 0 Å². The van der Waals surface area contributed by atoms with E-state index in [0.29, 0.717) is 22.6 Å². The largest absolute Gasteiger partial charge is 0.506 e. The SMILES string of the molecule is Cc1cc(N=Nc2c(O)ccc3ccccc23)c(O)cc1N=Nc1ccc(S(=O)(=O)O)cc1. The minimum atomic E-state index is -4.28. The van der Waals surface area contributed by atoms with Gasteiger partial charge in [0.05, 0.1) is 16.3 Å². The maximum Gasteiger partial charge on any atom is 0.294 e. The molecule has 9 nitrogen and oxygen atoms in total. The van der Waals surface area contributed by atoms with Crippen molar-refractivity contribution in [1.29, 1.82) is 0 Å². The fourth-order valence-corrected chi connectivity index (χ4v) is 3.59. The molecule has 0 unspecified atom stereocenters. The van der Waals surface area contributed by atoms with Crippen LogP contribution in [-0.2, 0) is 10.1 Å². The molecule has 0 bridgehead atoms. The molecule has 0 aromatic heterocycles. The zero-order valence-corrected chi connectivity index (χ0v) is 18.1. The van der Waals surface area contributed by atoms with Crippen molar-refractivity contribution in [3.05, 3.63) is 78.4 Å². The van der Waals surface area contributed by atoms with Crippen molar-refractivity contribution in [3.8, 4) is 11.5 Å². The fourth-order valence-electron chi connectivity index (χ4n) is 3.11. The maximum atomic E-state index is 11.1. The van der Waals surface area contributed by atoms with Crippen molar-refractivity contribution >= 4 is 43.6 Å². The third kappa shape index (κ3) is 4.86. The molecule has 0 atom stereocenters. The number of phenols is 2. The van der Waals surface area contributed by atoms with Crippen molar-refractivity contribution in [2.75, 3.05) is 0 Å². The average molecular weight is 462 g/mol. The third-order valence-corrected chi connectivity index (χ3v) is 5.71. The van der Waals surface area contributed by atoms with Crippen LogP contribution in [0.15, 0.2) is 98.1 Å². The minimum absolute atomic E-state index is 0.0286. The van der Waals surface area contributed by atoms with Gasteiger partial charge in [0, 0.05) is 11.5 Å². The van der Waals surface area contributed by atoms with Crippen LogP contribution in [-0.4, -0.2) is 23.2 Å². The lowest BCUT2D eigenvalue weighted by molar-refractivity contribution is 0.474. The molecule has 0 amide bonds. The summed E-state index contributed by atoms with van der Waals surface area (Å²) in [6.45, 7) is 1.75. The number of azo groups is 2. The number of aromatic hydroxyl groups is 2. The lowest BCUT2D eigenvalue weighted by atomic mass is 10.1. The first kappa shape index (κ1) is 22.1. The summed E-state index contributed by atoms with van der Waals surface area (Å²) in [5.41, 5.74) is 1.87. The summed E-state index contributed by atoms with van der Waals surface area (Å²) < 4.78 is 31.2. The van der Waals surface area contributed by atoms with E-state index in [1.807, 2.05) is 24.3 Å². The predicted octanol–water partition coefficient (Wildman–Crippen LogP) is 6.64. The van der Waals surface area contributed by atoms with Gasteiger partial charge in [-0.25, -0.2) is 0 Å². The number of benzene rings is 4. The highest BCUT2D eigenvalue weighted by Gasteiger charge is 2.10. The van der Waals surface area contributed by atoms with Gasteiger partial charge in [-0.1, -0.05) is 30.3 Å². The van der Waals surface area contributed by atoms with E-state index in [0.717, 1.165) is 10.8 Å². The summed E-state index contributed by atoms with van der Waals surface area (Å²) in [5.74, 6) is -0.209. The van der Waals surface area contributed by atoms with Gasteiger partial charge in [0.15, 0.2) is 0 Å². The summed E-state index contributed by atoms with van der Waals surface area (Å²) in [6, 6.07) is 18.9. The van der Waals surface area contributed by atoms with E-state index in [1.165, 1.54) is 36.4 Å². The van der Waals surface area contributed by atoms with Crippen LogP contribution in [0.3, 0.4) is 0 Å². The van der Waals surface area contributed by atoms with Gasteiger partial charge < -0.3 is 10.2 Å². The molecule has 33 heavy (non-hydrogen) atoms. The zero-order valence-electron chi connectivity index (χ0n) is 17.3. The van der Waals surface area contributed by atoms with Gasteiger partial charge in [0.2, 0.25) is 0 Å². The molecule has 0 radical (unpaired) electrons. The number of phenolic OH excluding ortho intramolecular Hbond substituents is 2. The highest BCUT2D eigenvalue weighted by atomic mass is 32.2. The molecule has 3 N–H and O–H groups in total. The Labute approximate surface area is 189 Å². The number of aryl methyl sites for hydroxylation is 1. The molecule has 0 saturated heterocycles. The maximum absolute atomic E-state index is 11.1. The molecule has 0 spiro atoms. The van der Waals surface area contributed by atoms with Crippen molar-refractivity contribution in [3.63, 3.8) is 0 Å². The van der Waals surface area contributed by atoms with Gasteiger partial charge in [-0.2, -0.15) is 18.6 Å². The molecule has 0 aliphatic heterocycles. The quantitative estimate of drug-likeness (QED) is 0.225. The van der Waals surface area contributed by atoms with Crippen LogP contribution in [0, 0.1) is 6.92 Å². The molecule has 0 aliphatic rings. The molecule has 4 rings (SSSR count). The van der Waals surface area contributed by atoms with E-state index < -0.39 is 10.1 Å². The number of nitrogens with zero attached hydrogens (tertiary/aromatic N) is 4. The number of fused-ring (bicyclic) bond motifs is 1. The van der Waals surface area contributed by atoms with Crippen molar-refractivity contribution in [2.24, 2.45) is 20.5 Å². The summed E-state index contributed by atoms with van der Waals surface area (Å²) in [6.07, 6.45) is 0. The normalized spacial score (nSPS) is 12.2.